The van der Waals surface area contributed by atoms with Crippen LogP contribution in [0.5, 0.6) is 0 Å². The number of hydrogen-bond acceptors (Lipinski definition) is 5. The molecule has 1 heterocycles. The molecule has 9 nitrogen and oxygen atoms in total. The van der Waals surface area contributed by atoms with Crippen LogP contribution in [0.2, 0.25) is 0 Å². The number of aromatic nitrogens is 1. The summed E-state index contributed by atoms with van der Waals surface area (Å²) in [5, 5.41) is 9.33. The van der Waals surface area contributed by atoms with E-state index in [9.17, 15) is 18.8 Å². The first kappa shape index (κ1) is 31.4. The largest absolute Gasteiger partial charge is 0.444 e. The Bertz CT molecular complexity index is 1370. The van der Waals surface area contributed by atoms with Gasteiger partial charge in [-0.05, 0) is 96.2 Å². The lowest BCUT2D eigenvalue weighted by atomic mass is 10.0. The summed E-state index contributed by atoms with van der Waals surface area (Å²) in [6.07, 6.45) is -0.0962. The number of rotatable bonds is 9. The van der Waals surface area contributed by atoms with E-state index in [1.54, 1.807) is 53.7 Å². The summed E-state index contributed by atoms with van der Waals surface area (Å²) < 4.78 is 24.0. The minimum absolute atomic E-state index is 0.153. The SMILES string of the molecule is Cc1c(C(=O)NC[C@H](CCCNC(=O)OC(C)(C)C)NC(=O)OC(C)(C)C)[nH]c2cc(-c3ccc(F)cc3)ccc12. The number of halogens is 1. The molecule has 4 N–H and O–H groups in total. The van der Waals surface area contributed by atoms with E-state index in [0.29, 0.717) is 25.1 Å². The van der Waals surface area contributed by atoms with Crippen molar-refractivity contribution >= 4 is 29.0 Å². The van der Waals surface area contributed by atoms with E-state index in [2.05, 4.69) is 20.9 Å². The Kier molecular flexibility index (Phi) is 10.0. The van der Waals surface area contributed by atoms with Crippen molar-refractivity contribution < 1.29 is 28.2 Å². The number of hydrogen-bond donors (Lipinski definition) is 4. The van der Waals surface area contributed by atoms with Crippen molar-refractivity contribution in [2.75, 3.05) is 13.1 Å². The molecular formula is C31H41FN4O5. The predicted molar refractivity (Wildman–Crippen MR) is 157 cm³/mol. The van der Waals surface area contributed by atoms with Crippen molar-refractivity contribution in [1.29, 1.82) is 0 Å². The van der Waals surface area contributed by atoms with Crippen LogP contribution in [0.1, 0.15) is 70.4 Å². The zero-order valence-corrected chi connectivity index (χ0v) is 24.9. The Hall–Kier alpha value is -4.08. The van der Waals surface area contributed by atoms with Crippen LogP contribution in [-0.4, -0.2) is 53.4 Å². The number of carbonyl (C=O) groups excluding carboxylic acids is 3. The van der Waals surface area contributed by atoms with Crippen molar-refractivity contribution in [2.24, 2.45) is 0 Å². The minimum Gasteiger partial charge on any atom is -0.444 e. The van der Waals surface area contributed by atoms with E-state index in [1.165, 1.54) is 12.1 Å². The van der Waals surface area contributed by atoms with E-state index in [4.69, 9.17) is 9.47 Å². The number of aryl methyl sites for hydroxylation is 1. The number of benzene rings is 2. The molecule has 1 atom stereocenters. The first-order chi connectivity index (χ1) is 19.1. The first-order valence-electron chi connectivity index (χ1n) is 13.7. The third-order valence-corrected chi connectivity index (χ3v) is 6.09. The molecule has 0 bridgehead atoms. The molecule has 222 valence electrons. The van der Waals surface area contributed by atoms with Crippen LogP contribution < -0.4 is 16.0 Å². The molecule has 0 spiro atoms. The second-order valence-corrected chi connectivity index (χ2v) is 12.0. The maximum absolute atomic E-state index is 13.3. The minimum atomic E-state index is -0.676. The molecule has 0 aliphatic rings. The second kappa shape index (κ2) is 13.1. The number of ether oxygens (including phenoxy) is 2. The smallest absolute Gasteiger partial charge is 0.407 e. The Morgan fingerprint density at radius 1 is 0.878 bits per heavy atom. The van der Waals surface area contributed by atoms with Crippen LogP contribution in [-0.2, 0) is 9.47 Å². The average molecular weight is 569 g/mol. The lowest BCUT2D eigenvalue weighted by molar-refractivity contribution is 0.0487. The predicted octanol–water partition coefficient (Wildman–Crippen LogP) is 6.21. The van der Waals surface area contributed by atoms with Crippen LogP contribution in [0.25, 0.3) is 22.0 Å². The first-order valence-corrected chi connectivity index (χ1v) is 13.7. The van der Waals surface area contributed by atoms with Crippen molar-refractivity contribution in [2.45, 2.75) is 78.6 Å². The molecule has 0 saturated carbocycles. The fourth-order valence-electron chi connectivity index (χ4n) is 4.24. The summed E-state index contributed by atoms with van der Waals surface area (Å²) in [4.78, 5) is 40.8. The third kappa shape index (κ3) is 9.81. The highest BCUT2D eigenvalue weighted by molar-refractivity contribution is 6.01. The molecule has 0 unspecified atom stereocenters. The lowest BCUT2D eigenvalue weighted by Crippen LogP contribution is -2.46. The van der Waals surface area contributed by atoms with Crippen molar-refractivity contribution in [3.63, 3.8) is 0 Å². The van der Waals surface area contributed by atoms with Gasteiger partial charge in [-0.25, -0.2) is 14.0 Å². The van der Waals surface area contributed by atoms with Gasteiger partial charge in [0, 0.05) is 30.0 Å². The van der Waals surface area contributed by atoms with Crippen molar-refractivity contribution in [3.8, 4) is 11.1 Å². The molecule has 3 aromatic rings. The summed E-state index contributed by atoms with van der Waals surface area (Å²) in [6.45, 7) is 13.0. The number of fused-ring (bicyclic) bond motifs is 1. The van der Waals surface area contributed by atoms with Gasteiger partial charge in [-0.2, -0.15) is 0 Å². The average Bonchev–Trinajstić information content (AvgIpc) is 3.18. The molecule has 0 radical (unpaired) electrons. The Labute approximate surface area is 240 Å². The highest BCUT2D eigenvalue weighted by Crippen LogP contribution is 2.28. The molecule has 0 saturated heterocycles. The number of aromatic amines is 1. The molecule has 0 aliphatic carbocycles. The van der Waals surface area contributed by atoms with Gasteiger partial charge in [-0.3, -0.25) is 4.79 Å². The summed E-state index contributed by atoms with van der Waals surface area (Å²) in [7, 11) is 0. The highest BCUT2D eigenvalue weighted by Gasteiger charge is 2.22. The summed E-state index contributed by atoms with van der Waals surface area (Å²) in [5.74, 6) is -0.617. The molecular weight excluding hydrogens is 527 g/mol. The van der Waals surface area contributed by atoms with Gasteiger partial charge in [0.15, 0.2) is 0 Å². The fourth-order valence-corrected chi connectivity index (χ4v) is 4.24. The van der Waals surface area contributed by atoms with Gasteiger partial charge in [-0.15, -0.1) is 0 Å². The Morgan fingerprint density at radius 2 is 1.49 bits per heavy atom. The van der Waals surface area contributed by atoms with Crippen molar-refractivity contribution in [1.82, 2.24) is 20.9 Å². The van der Waals surface area contributed by atoms with Gasteiger partial charge >= 0.3 is 12.2 Å². The molecule has 1 aromatic heterocycles. The number of H-pyrrole nitrogens is 1. The van der Waals surface area contributed by atoms with E-state index in [0.717, 1.165) is 27.6 Å². The van der Waals surface area contributed by atoms with Gasteiger partial charge in [-0.1, -0.05) is 24.3 Å². The highest BCUT2D eigenvalue weighted by atomic mass is 19.1. The van der Waals surface area contributed by atoms with Crippen molar-refractivity contribution in [3.05, 3.63) is 59.5 Å². The zero-order valence-electron chi connectivity index (χ0n) is 24.9. The van der Waals surface area contributed by atoms with E-state index in [1.807, 2.05) is 25.1 Å². The lowest BCUT2D eigenvalue weighted by Gasteiger charge is -2.24. The normalized spacial score (nSPS) is 12.5. The molecule has 3 amide bonds. The van der Waals surface area contributed by atoms with Gasteiger partial charge in [0.25, 0.3) is 5.91 Å². The molecule has 0 fully saturated rings. The van der Waals surface area contributed by atoms with Crippen LogP contribution >= 0.6 is 0 Å². The Morgan fingerprint density at radius 3 is 2.12 bits per heavy atom. The monoisotopic (exact) mass is 568 g/mol. The van der Waals surface area contributed by atoms with Gasteiger partial charge in [0.1, 0.15) is 22.7 Å². The van der Waals surface area contributed by atoms with E-state index < -0.39 is 29.4 Å². The third-order valence-electron chi connectivity index (χ3n) is 6.09. The zero-order chi connectivity index (χ0) is 30.4. The number of amides is 3. The van der Waals surface area contributed by atoms with Gasteiger partial charge in [0.2, 0.25) is 0 Å². The number of nitrogens with one attached hydrogen (secondary N) is 4. The maximum Gasteiger partial charge on any atom is 0.407 e. The molecule has 10 heteroatoms. The van der Waals surface area contributed by atoms with E-state index in [-0.39, 0.29) is 18.3 Å². The summed E-state index contributed by atoms with van der Waals surface area (Å²) in [6, 6.07) is 11.6. The van der Waals surface area contributed by atoms with Crippen LogP contribution in [0.15, 0.2) is 42.5 Å². The van der Waals surface area contributed by atoms with Crippen LogP contribution in [0.3, 0.4) is 0 Å². The Balaban J connectivity index is 1.66. The molecule has 2 aromatic carbocycles. The summed E-state index contributed by atoms with van der Waals surface area (Å²) in [5.41, 5.74) is 2.48. The fraction of sp³-hybridized carbons (Fsp3) is 0.452. The summed E-state index contributed by atoms with van der Waals surface area (Å²) >= 11 is 0. The number of alkyl carbamates (subject to hydrolysis) is 2. The number of carbonyl (C=O) groups is 3. The van der Waals surface area contributed by atoms with Gasteiger partial charge in [0.05, 0.1) is 0 Å². The molecule has 3 rings (SSSR count). The molecule has 41 heavy (non-hydrogen) atoms. The van der Waals surface area contributed by atoms with E-state index >= 15 is 0 Å². The quantitative estimate of drug-likeness (QED) is 0.229. The second-order valence-electron chi connectivity index (χ2n) is 12.0. The van der Waals surface area contributed by atoms with Gasteiger partial charge < -0.3 is 30.4 Å². The molecule has 0 aliphatic heterocycles. The topological polar surface area (TPSA) is 122 Å². The maximum atomic E-state index is 13.3. The van der Waals surface area contributed by atoms with Crippen LogP contribution in [0.4, 0.5) is 14.0 Å². The standard InChI is InChI=1S/C31H41FN4O5/c1-19-24-15-12-21(20-10-13-22(32)14-11-20)17-25(24)36-26(19)27(37)34-18-23(35-29(39)41-31(5,6)7)9-8-16-33-28(38)40-30(2,3)4/h10-15,17,23,36H,8-9,16,18H2,1-7H3,(H,33,38)(H,34,37)(H,35,39)/t23-/m0/s1. The van der Waals surface area contributed by atoms with Crippen LogP contribution in [0, 0.1) is 12.7 Å².